The molecule has 1 aromatic heterocycles. The van der Waals surface area contributed by atoms with Gasteiger partial charge in [-0.2, -0.15) is 18.2 Å². The van der Waals surface area contributed by atoms with Crippen LogP contribution in [-0.4, -0.2) is 29.8 Å². The Bertz CT molecular complexity index is 633. The summed E-state index contributed by atoms with van der Waals surface area (Å²) >= 11 is 0.216. The van der Waals surface area contributed by atoms with Gasteiger partial charge in [-0.1, -0.05) is 34.6 Å². The monoisotopic (exact) mass is 333 g/mol. The van der Waals surface area contributed by atoms with E-state index in [0.29, 0.717) is 5.69 Å². The number of ether oxygens (including phenoxy) is 1. The summed E-state index contributed by atoms with van der Waals surface area (Å²) in [7, 11) is 1.29. The van der Waals surface area contributed by atoms with E-state index in [-0.39, 0.29) is 16.5 Å². The van der Waals surface area contributed by atoms with Crippen LogP contribution in [0.5, 0.6) is 5.19 Å². The van der Waals surface area contributed by atoms with Gasteiger partial charge in [0.05, 0.1) is 12.8 Å². The number of hydroxylamine groups is 1. The third kappa shape index (κ3) is 3.92. The van der Waals surface area contributed by atoms with E-state index < -0.39 is 23.7 Å². The molecule has 0 unspecified atom stereocenters. The maximum atomic E-state index is 12.4. The van der Waals surface area contributed by atoms with Crippen LogP contribution in [-0.2, 0) is 15.8 Å². The molecule has 0 spiro atoms. The summed E-state index contributed by atoms with van der Waals surface area (Å²) < 4.78 is 42.0. The fourth-order valence-electron chi connectivity index (χ4n) is 1.48. The van der Waals surface area contributed by atoms with E-state index in [1.54, 1.807) is 30.3 Å². The second-order valence-corrected chi connectivity index (χ2v) is 4.81. The maximum Gasteiger partial charge on any atom is 0.445 e. The zero-order chi connectivity index (χ0) is 16.2. The van der Waals surface area contributed by atoms with E-state index in [1.165, 1.54) is 7.11 Å². The van der Waals surface area contributed by atoms with E-state index in [0.717, 1.165) is 5.06 Å². The van der Waals surface area contributed by atoms with Crippen molar-refractivity contribution in [3.8, 4) is 5.19 Å². The second kappa shape index (κ2) is 6.71. The van der Waals surface area contributed by atoms with Gasteiger partial charge in [0.1, 0.15) is 0 Å². The van der Waals surface area contributed by atoms with Crippen molar-refractivity contribution in [2.75, 3.05) is 18.8 Å². The topological polar surface area (TPSA) is 64.5 Å². The predicted octanol–water partition coefficient (Wildman–Crippen LogP) is 2.53. The molecular formula is C12H10F3N3O3S. The van der Waals surface area contributed by atoms with E-state index >= 15 is 0 Å². The van der Waals surface area contributed by atoms with Crippen LogP contribution in [0.4, 0.5) is 18.9 Å². The minimum Gasteiger partial charge on any atom is -0.459 e. The lowest BCUT2D eigenvalue weighted by Gasteiger charge is -2.19. The van der Waals surface area contributed by atoms with E-state index in [2.05, 4.69) is 10.2 Å². The number of para-hydroxylation sites is 1. The van der Waals surface area contributed by atoms with Gasteiger partial charge in [0, 0.05) is 0 Å². The molecule has 0 radical (unpaired) electrons. The van der Waals surface area contributed by atoms with Gasteiger partial charge in [-0.05, 0) is 12.1 Å². The van der Waals surface area contributed by atoms with Crippen LogP contribution in [0.3, 0.4) is 0 Å². The molecule has 2 rings (SSSR count). The summed E-state index contributed by atoms with van der Waals surface area (Å²) in [5.74, 6) is -0.600. The van der Waals surface area contributed by atoms with Crippen molar-refractivity contribution in [2.45, 2.75) is 6.18 Å². The van der Waals surface area contributed by atoms with Crippen molar-refractivity contribution in [3.63, 3.8) is 0 Å². The number of rotatable bonds is 5. The van der Waals surface area contributed by atoms with Crippen LogP contribution < -0.4 is 9.80 Å². The molecule has 10 heteroatoms. The first-order valence-corrected chi connectivity index (χ1v) is 6.69. The van der Waals surface area contributed by atoms with Crippen molar-refractivity contribution in [3.05, 3.63) is 35.3 Å². The first kappa shape index (κ1) is 16.2. The number of halogens is 3. The third-order valence-electron chi connectivity index (χ3n) is 2.37. The summed E-state index contributed by atoms with van der Waals surface area (Å²) in [4.78, 5) is 16.9. The Kier molecular flexibility index (Phi) is 4.93. The quantitative estimate of drug-likeness (QED) is 0.787. The highest BCUT2D eigenvalue weighted by molar-refractivity contribution is 7.13. The van der Waals surface area contributed by atoms with Gasteiger partial charge in [-0.25, -0.2) is 0 Å². The first-order chi connectivity index (χ1) is 10.4. The maximum absolute atomic E-state index is 12.4. The number of anilines is 1. The van der Waals surface area contributed by atoms with Gasteiger partial charge in [0.15, 0.2) is 6.61 Å². The summed E-state index contributed by atoms with van der Waals surface area (Å²) in [6.45, 7) is -0.533. The third-order valence-corrected chi connectivity index (χ3v) is 3.25. The first-order valence-electron chi connectivity index (χ1n) is 5.87. The highest BCUT2D eigenvalue weighted by Gasteiger charge is 2.36. The SMILES string of the molecule is CON(C(=O)COc1nnc(C(F)(F)F)s1)c1ccccc1. The standard InChI is InChI=1S/C12H10F3N3O3S/c1-20-18(8-5-3-2-4-6-8)9(19)7-21-11-17-16-10(22-11)12(13,14)15/h2-6H,7H2,1H3. The highest BCUT2D eigenvalue weighted by atomic mass is 32.1. The number of alkyl halides is 3. The number of nitrogens with zero attached hydrogens (tertiary/aromatic N) is 3. The molecular weight excluding hydrogens is 323 g/mol. The Balaban J connectivity index is 1.98. The summed E-state index contributed by atoms with van der Waals surface area (Å²) in [6, 6.07) is 8.44. The molecule has 0 saturated heterocycles. The number of aromatic nitrogens is 2. The van der Waals surface area contributed by atoms with Crippen LogP contribution in [0.25, 0.3) is 0 Å². The minimum absolute atomic E-state index is 0.216. The molecule has 1 amide bonds. The molecule has 0 saturated carbocycles. The van der Waals surface area contributed by atoms with Gasteiger partial charge >= 0.3 is 6.18 Å². The Morgan fingerprint density at radius 1 is 1.27 bits per heavy atom. The van der Waals surface area contributed by atoms with Crippen molar-refractivity contribution < 1.29 is 27.5 Å². The molecule has 1 aromatic carbocycles. The lowest BCUT2D eigenvalue weighted by atomic mass is 10.3. The molecule has 0 N–H and O–H groups in total. The molecule has 118 valence electrons. The van der Waals surface area contributed by atoms with Crippen LogP contribution >= 0.6 is 11.3 Å². The van der Waals surface area contributed by atoms with Crippen LogP contribution in [0.1, 0.15) is 5.01 Å². The number of hydrogen-bond acceptors (Lipinski definition) is 6. The van der Waals surface area contributed by atoms with Crippen LogP contribution in [0.2, 0.25) is 0 Å². The summed E-state index contributed by atoms with van der Waals surface area (Å²) in [6.07, 6.45) is -4.59. The molecule has 0 bridgehead atoms. The van der Waals surface area contributed by atoms with Gasteiger partial charge in [0.25, 0.3) is 11.1 Å². The van der Waals surface area contributed by atoms with Crippen molar-refractivity contribution >= 4 is 22.9 Å². The van der Waals surface area contributed by atoms with Gasteiger partial charge < -0.3 is 4.74 Å². The van der Waals surface area contributed by atoms with E-state index in [4.69, 9.17) is 9.57 Å². The zero-order valence-corrected chi connectivity index (χ0v) is 12.0. The molecule has 0 aliphatic heterocycles. The summed E-state index contributed by atoms with van der Waals surface area (Å²) in [5.41, 5.74) is 0.465. The average molecular weight is 333 g/mol. The van der Waals surface area contributed by atoms with E-state index in [1.807, 2.05) is 0 Å². The number of carbonyl (C=O) groups excluding carboxylic acids is 1. The average Bonchev–Trinajstić information content (AvgIpc) is 2.96. The van der Waals surface area contributed by atoms with Crippen LogP contribution in [0, 0.1) is 0 Å². The minimum atomic E-state index is -4.59. The molecule has 0 aliphatic rings. The van der Waals surface area contributed by atoms with Crippen molar-refractivity contribution in [1.29, 1.82) is 0 Å². The Labute approximate surface area is 127 Å². The molecule has 1 heterocycles. The molecule has 22 heavy (non-hydrogen) atoms. The number of hydrogen-bond donors (Lipinski definition) is 0. The summed E-state index contributed by atoms with van der Waals surface area (Å²) in [5, 5.41) is 5.66. The van der Waals surface area contributed by atoms with Crippen molar-refractivity contribution in [2.24, 2.45) is 0 Å². The molecule has 6 nitrogen and oxygen atoms in total. The Morgan fingerprint density at radius 2 is 1.95 bits per heavy atom. The number of benzene rings is 1. The Hall–Kier alpha value is -2.20. The Morgan fingerprint density at radius 3 is 2.50 bits per heavy atom. The fourth-order valence-corrected chi connectivity index (χ4v) is 2.04. The van der Waals surface area contributed by atoms with Crippen molar-refractivity contribution in [1.82, 2.24) is 10.2 Å². The molecule has 0 aliphatic carbocycles. The molecule has 0 fully saturated rings. The van der Waals surface area contributed by atoms with E-state index in [9.17, 15) is 18.0 Å². The lowest BCUT2D eigenvalue weighted by Crippen LogP contribution is -2.34. The van der Waals surface area contributed by atoms with Gasteiger partial charge in [-0.3, -0.25) is 9.63 Å². The largest absolute Gasteiger partial charge is 0.459 e. The number of amides is 1. The second-order valence-electron chi connectivity index (χ2n) is 3.87. The smallest absolute Gasteiger partial charge is 0.445 e. The fraction of sp³-hybridized carbons (Fsp3) is 0.250. The normalized spacial score (nSPS) is 11.3. The lowest BCUT2D eigenvalue weighted by molar-refractivity contribution is -0.138. The molecule has 0 atom stereocenters. The van der Waals surface area contributed by atoms with Gasteiger partial charge in [-0.15, -0.1) is 5.10 Å². The van der Waals surface area contributed by atoms with Crippen LogP contribution in [0.15, 0.2) is 30.3 Å². The van der Waals surface area contributed by atoms with Gasteiger partial charge in [0.2, 0.25) is 5.01 Å². The number of carbonyl (C=O) groups is 1. The molecule has 2 aromatic rings. The zero-order valence-electron chi connectivity index (χ0n) is 11.2. The predicted molar refractivity (Wildman–Crippen MR) is 71.3 cm³/mol. The highest BCUT2D eigenvalue weighted by Crippen LogP contribution is 2.33.